The molecule has 1 aromatic rings. The number of amides is 2. The molecule has 1 N–H and O–H groups in total. The van der Waals surface area contributed by atoms with E-state index in [0.717, 1.165) is 19.3 Å². The molecule has 1 fully saturated rings. The SMILES string of the molecule is CC(CC1CCCCC1)N(NC(=O)Oc1ccc([N+](=O)[O-])cc1)C(=O)OC(C)(C)C. The summed E-state index contributed by atoms with van der Waals surface area (Å²) in [4.78, 5) is 35.3. The van der Waals surface area contributed by atoms with Gasteiger partial charge in [-0.25, -0.2) is 20.0 Å². The zero-order valence-electron chi connectivity index (χ0n) is 18.1. The van der Waals surface area contributed by atoms with E-state index in [1.54, 1.807) is 20.8 Å². The molecule has 0 aromatic heterocycles. The quantitative estimate of drug-likeness (QED) is 0.517. The minimum Gasteiger partial charge on any atom is -0.442 e. The summed E-state index contributed by atoms with van der Waals surface area (Å²) >= 11 is 0. The number of nitrogens with one attached hydrogen (secondary N) is 1. The third kappa shape index (κ3) is 7.53. The van der Waals surface area contributed by atoms with Crippen molar-refractivity contribution in [2.24, 2.45) is 5.92 Å². The minimum absolute atomic E-state index is 0.112. The summed E-state index contributed by atoms with van der Waals surface area (Å²) in [5.41, 5.74) is 1.65. The number of non-ortho nitro benzene ring substituents is 1. The van der Waals surface area contributed by atoms with Gasteiger partial charge in [-0.2, -0.15) is 0 Å². The average molecular weight is 421 g/mol. The first kappa shape index (κ1) is 23.4. The lowest BCUT2D eigenvalue weighted by molar-refractivity contribution is -0.384. The first-order valence-corrected chi connectivity index (χ1v) is 10.3. The Labute approximate surface area is 176 Å². The second-order valence-corrected chi connectivity index (χ2v) is 8.69. The Hall–Kier alpha value is -2.84. The topological polar surface area (TPSA) is 111 Å². The summed E-state index contributed by atoms with van der Waals surface area (Å²) in [6.45, 7) is 7.13. The number of carbonyl (C=O) groups is 2. The number of hydrogen-bond donors (Lipinski definition) is 1. The normalized spacial score (nSPS) is 15.7. The van der Waals surface area contributed by atoms with Gasteiger partial charge < -0.3 is 9.47 Å². The van der Waals surface area contributed by atoms with Crippen LogP contribution < -0.4 is 10.2 Å². The molecule has 0 bridgehead atoms. The zero-order chi connectivity index (χ0) is 22.3. The van der Waals surface area contributed by atoms with Crippen LogP contribution in [0.3, 0.4) is 0 Å². The number of nitrogens with zero attached hydrogens (tertiary/aromatic N) is 2. The average Bonchev–Trinajstić information content (AvgIpc) is 2.65. The maximum atomic E-state index is 12.7. The van der Waals surface area contributed by atoms with Gasteiger partial charge in [-0.15, -0.1) is 0 Å². The Morgan fingerprint density at radius 2 is 1.80 bits per heavy atom. The van der Waals surface area contributed by atoms with Crippen LogP contribution in [0.5, 0.6) is 5.75 Å². The third-order valence-electron chi connectivity index (χ3n) is 4.90. The Bertz CT molecular complexity index is 738. The molecule has 1 aliphatic rings. The Morgan fingerprint density at radius 3 is 2.33 bits per heavy atom. The molecule has 1 unspecified atom stereocenters. The van der Waals surface area contributed by atoms with Crippen molar-refractivity contribution in [1.82, 2.24) is 10.4 Å². The van der Waals surface area contributed by atoms with Gasteiger partial charge in [-0.3, -0.25) is 10.1 Å². The number of nitro groups is 1. The standard InChI is InChI=1S/C21H31N3O6/c1-15(14-16-8-6-5-7-9-16)23(20(26)30-21(2,3)4)22-19(25)29-18-12-10-17(11-13-18)24(27)28/h10-13,15-16H,5-9,14H2,1-4H3,(H,22,25). The molecular weight excluding hydrogens is 390 g/mol. The highest BCUT2D eigenvalue weighted by Gasteiger charge is 2.30. The van der Waals surface area contributed by atoms with Crippen LogP contribution >= 0.6 is 0 Å². The molecule has 9 nitrogen and oxygen atoms in total. The van der Waals surface area contributed by atoms with Crippen LogP contribution in [-0.4, -0.2) is 33.8 Å². The van der Waals surface area contributed by atoms with Crippen LogP contribution in [0.2, 0.25) is 0 Å². The second-order valence-electron chi connectivity index (χ2n) is 8.69. The van der Waals surface area contributed by atoms with E-state index in [1.807, 2.05) is 6.92 Å². The van der Waals surface area contributed by atoms with E-state index in [2.05, 4.69) is 5.43 Å². The van der Waals surface area contributed by atoms with Gasteiger partial charge in [0, 0.05) is 12.1 Å². The summed E-state index contributed by atoms with van der Waals surface area (Å²) in [7, 11) is 0. The highest BCUT2D eigenvalue weighted by atomic mass is 16.6. The largest absolute Gasteiger partial charge is 0.442 e. The number of carbonyl (C=O) groups excluding carboxylic acids is 2. The summed E-state index contributed by atoms with van der Waals surface area (Å²) in [6, 6.07) is 4.83. The predicted octanol–water partition coefficient (Wildman–Crippen LogP) is 5.19. The van der Waals surface area contributed by atoms with E-state index in [9.17, 15) is 19.7 Å². The molecule has 1 atom stereocenters. The van der Waals surface area contributed by atoms with Crippen LogP contribution in [0.4, 0.5) is 15.3 Å². The fraction of sp³-hybridized carbons (Fsp3) is 0.619. The number of nitro benzene ring substituents is 1. The van der Waals surface area contributed by atoms with Crippen molar-refractivity contribution in [2.75, 3.05) is 0 Å². The zero-order valence-corrected chi connectivity index (χ0v) is 18.1. The molecule has 1 aromatic carbocycles. The van der Waals surface area contributed by atoms with E-state index in [-0.39, 0.29) is 17.5 Å². The van der Waals surface area contributed by atoms with E-state index in [4.69, 9.17) is 9.47 Å². The Balaban J connectivity index is 2.05. The van der Waals surface area contributed by atoms with Crippen molar-refractivity contribution in [3.63, 3.8) is 0 Å². The number of hydrogen-bond acceptors (Lipinski definition) is 6. The van der Waals surface area contributed by atoms with E-state index >= 15 is 0 Å². The molecule has 30 heavy (non-hydrogen) atoms. The molecule has 2 amide bonds. The van der Waals surface area contributed by atoms with E-state index in [1.165, 1.54) is 48.5 Å². The third-order valence-corrected chi connectivity index (χ3v) is 4.90. The number of rotatable bonds is 5. The summed E-state index contributed by atoms with van der Waals surface area (Å²) in [6.07, 6.45) is 5.03. The molecule has 0 aliphatic heterocycles. The fourth-order valence-electron chi connectivity index (χ4n) is 3.52. The molecule has 0 saturated heterocycles. The van der Waals surface area contributed by atoms with Crippen molar-refractivity contribution in [1.29, 1.82) is 0 Å². The van der Waals surface area contributed by atoms with Gasteiger partial charge >= 0.3 is 12.2 Å². The number of benzene rings is 1. The molecule has 9 heteroatoms. The highest BCUT2D eigenvalue weighted by molar-refractivity contribution is 5.76. The van der Waals surface area contributed by atoms with Crippen molar-refractivity contribution in [3.8, 4) is 5.75 Å². The lowest BCUT2D eigenvalue weighted by Crippen LogP contribution is -2.53. The monoisotopic (exact) mass is 421 g/mol. The first-order chi connectivity index (χ1) is 14.0. The van der Waals surface area contributed by atoms with Gasteiger partial charge in [0.05, 0.1) is 11.0 Å². The fourth-order valence-corrected chi connectivity index (χ4v) is 3.52. The number of ether oxygens (including phenoxy) is 2. The second kappa shape index (κ2) is 10.3. The molecule has 1 saturated carbocycles. The summed E-state index contributed by atoms with van der Waals surface area (Å²) in [5.74, 6) is 0.619. The van der Waals surface area contributed by atoms with Crippen LogP contribution in [0, 0.1) is 16.0 Å². The number of hydrazine groups is 1. The van der Waals surface area contributed by atoms with Crippen LogP contribution in [0.25, 0.3) is 0 Å². The van der Waals surface area contributed by atoms with Crippen LogP contribution in [0.15, 0.2) is 24.3 Å². The van der Waals surface area contributed by atoms with Gasteiger partial charge in [-0.05, 0) is 52.2 Å². The van der Waals surface area contributed by atoms with E-state index in [0.29, 0.717) is 5.92 Å². The van der Waals surface area contributed by atoms with Crippen molar-refractivity contribution >= 4 is 17.9 Å². The molecule has 0 spiro atoms. The van der Waals surface area contributed by atoms with Crippen LogP contribution in [0.1, 0.15) is 66.2 Å². The Kier molecular flexibility index (Phi) is 8.02. The molecule has 0 heterocycles. The summed E-state index contributed by atoms with van der Waals surface area (Å²) in [5, 5.41) is 11.9. The lowest BCUT2D eigenvalue weighted by atomic mass is 9.85. The van der Waals surface area contributed by atoms with Gasteiger partial charge in [-0.1, -0.05) is 32.1 Å². The smallest absolute Gasteiger partial charge is 0.431 e. The first-order valence-electron chi connectivity index (χ1n) is 10.3. The maximum Gasteiger partial charge on any atom is 0.431 e. The van der Waals surface area contributed by atoms with Crippen molar-refractivity contribution < 1.29 is 24.0 Å². The molecule has 0 radical (unpaired) electrons. The highest BCUT2D eigenvalue weighted by Crippen LogP contribution is 2.28. The molecule has 166 valence electrons. The van der Waals surface area contributed by atoms with Gasteiger partial charge in [0.15, 0.2) is 0 Å². The lowest BCUT2D eigenvalue weighted by Gasteiger charge is -2.33. The van der Waals surface area contributed by atoms with Gasteiger partial charge in [0.1, 0.15) is 11.4 Å². The van der Waals surface area contributed by atoms with Crippen molar-refractivity contribution in [3.05, 3.63) is 34.4 Å². The molecule has 2 rings (SSSR count). The van der Waals surface area contributed by atoms with E-state index < -0.39 is 22.7 Å². The Morgan fingerprint density at radius 1 is 1.20 bits per heavy atom. The molecule has 1 aliphatic carbocycles. The predicted molar refractivity (Wildman–Crippen MR) is 111 cm³/mol. The van der Waals surface area contributed by atoms with Crippen LogP contribution in [-0.2, 0) is 4.74 Å². The molecular formula is C21H31N3O6. The maximum absolute atomic E-state index is 12.7. The minimum atomic E-state index is -0.870. The van der Waals surface area contributed by atoms with Gasteiger partial charge in [0.2, 0.25) is 0 Å². The summed E-state index contributed by atoms with van der Waals surface area (Å²) < 4.78 is 10.6. The van der Waals surface area contributed by atoms with Gasteiger partial charge in [0.25, 0.3) is 5.69 Å². The van der Waals surface area contributed by atoms with Crippen molar-refractivity contribution in [2.45, 2.75) is 77.9 Å².